The molecular formula is C22H25N3O4S. The summed E-state index contributed by atoms with van der Waals surface area (Å²) in [6, 6.07) is 11.2. The van der Waals surface area contributed by atoms with E-state index in [9.17, 15) is 18.0 Å². The van der Waals surface area contributed by atoms with Crippen molar-refractivity contribution in [3.8, 4) is 0 Å². The summed E-state index contributed by atoms with van der Waals surface area (Å²) in [5, 5.41) is 2.87. The molecule has 0 atom stereocenters. The van der Waals surface area contributed by atoms with Gasteiger partial charge < -0.3 is 10.3 Å². The summed E-state index contributed by atoms with van der Waals surface area (Å²) in [6.07, 6.45) is 2.15. The number of amides is 1. The van der Waals surface area contributed by atoms with Crippen molar-refractivity contribution < 1.29 is 13.2 Å². The maximum absolute atomic E-state index is 12.9. The van der Waals surface area contributed by atoms with Gasteiger partial charge in [-0.3, -0.25) is 14.3 Å². The second-order valence-electron chi connectivity index (χ2n) is 7.60. The van der Waals surface area contributed by atoms with Gasteiger partial charge in [-0.1, -0.05) is 32.0 Å². The average Bonchev–Trinajstić information content (AvgIpc) is 2.69. The molecule has 158 valence electrons. The van der Waals surface area contributed by atoms with Crippen LogP contribution >= 0.6 is 0 Å². The number of aromatic nitrogens is 1. The Labute approximate surface area is 175 Å². The zero-order valence-electron chi connectivity index (χ0n) is 17.2. The highest BCUT2D eigenvalue weighted by atomic mass is 32.2. The fraction of sp³-hybridized carbons (Fsp3) is 0.273. The fourth-order valence-corrected chi connectivity index (χ4v) is 4.15. The summed E-state index contributed by atoms with van der Waals surface area (Å²) < 4.78 is 28.2. The standard InChI is InChI=1S/C22H25N3O4S/c1-14(2)10-11-23-22(27)18-13-24-20-9-8-16(12-17(20)21(18)26)30(28,29)25-19-7-5-4-6-15(19)3/h4-9,12-14,25H,10-11H2,1-3H3,(H,23,27)(H,24,26). The van der Waals surface area contributed by atoms with Gasteiger partial charge >= 0.3 is 0 Å². The molecule has 2 aromatic carbocycles. The minimum atomic E-state index is -3.90. The fourth-order valence-electron chi connectivity index (χ4n) is 2.99. The number of aromatic amines is 1. The van der Waals surface area contributed by atoms with E-state index in [1.165, 1.54) is 24.4 Å². The van der Waals surface area contributed by atoms with Gasteiger partial charge in [0, 0.05) is 23.6 Å². The molecule has 7 nitrogen and oxygen atoms in total. The largest absolute Gasteiger partial charge is 0.360 e. The highest BCUT2D eigenvalue weighted by molar-refractivity contribution is 7.92. The number of carbonyl (C=O) groups excluding carboxylic acids is 1. The van der Waals surface area contributed by atoms with Crippen LogP contribution in [0.5, 0.6) is 0 Å². The van der Waals surface area contributed by atoms with Crippen molar-refractivity contribution in [1.82, 2.24) is 10.3 Å². The van der Waals surface area contributed by atoms with E-state index in [4.69, 9.17) is 0 Å². The monoisotopic (exact) mass is 427 g/mol. The molecule has 0 radical (unpaired) electrons. The van der Waals surface area contributed by atoms with Gasteiger partial charge in [-0.15, -0.1) is 0 Å². The molecule has 0 spiro atoms. The van der Waals surface area contributed by atoms with E-state index in [0.717, 1.165) is 12.0 Å². The molecule has 0 aliphatic rings. The Balaban J connectivity index is 1.95. The van der Waals surface area contributed by atoms with Gasteiger partial charge in [0.1, 0.15) is 5.56 Å². The summed E-state index contributed by atoms with van der Waals surface area (Å²) in [5.41, 5.74) is 1.13. The van der Waals surface area contributed by atoms with Crippen molar-refractivity contribution in [2.45, 2.75) is 32.1 Å². The summed E-state index contributed by atoms with van der Waals surface area (Å²) in [4.78, 5) is 28.1. The van der Waals surface area contributed by atoms with Gasteiger partial charge in [0.25, 0.3) is 15.9 Å². The van der Waals surface area contributed by atoms with Gasteiger partial charge in [-0.2, -0.15) is 0 Å². The number of anilines is 1. The minimum absolute atomic E-state index is 0.0485. The number of sulfonamides is 1. The molecule has 0 saturated carbocycles. The maximum Gasteiger partial charge on any atom is 0.261 e. The number of nitrogens with one attached hydrogen (secondary N) is 3. The van der Waals surface area contributed by atoms with Crippen molar-refractivity contribution >= 4 is 32.5 Å². The molecule has 0 fully saturated rings. The molecule has 0 saturated heterocycles. The Morgan fingerprint density at radius 1 is 1.13 bits per heavy atom. The number of hydrogen-bond donors (Lipinski definition) is 3. The smallest absolute Gasteiger partial charge is 0.261 e. The number of fused-ring (bicyclic) bond motifs is 1. The quantitative estimate of drug-likeness (QED) is 0.537. The van der Waals surface area contributed by atoms with Crippen LogP contribution in [0.3, 0.4) is 0 Å². The molecule has 0 aliphatic heterocycles. The Morgan fingerprint density at radius 2 is 1.87 bits per heavy atom. The van der Waals surface area contributed by atoms with Crippen molar-refractivity contribution in [1.29, 1.82) is 0 Å². The number of hydrogen-bond acceptors (Lipinski definition) is 4. The van der Waals surface area contributed by atoms with Gasteiger partial charge in [-0.05, 0) is 49.1 Å². The summed E-state index contributed by atoms with van der Waals surface area (Å²) >= 11 is 0. The molecule has 1 aromatic heterocycles. The highest BCUT2D eigenvalue weighted by Gasteiger charge is 2.18. The second kappa shape index (κ2) is 8.71. The normalized spacial score (nSPS) is 11.6. The summed E-state index contributed by atoms with van der Waals surface area (Å²) in [7, 11) is -3.90. The van der Waals surface area contributed by atoms with Crippen LogP contribution in [0.4, 0.5) is 5.69 Å². The van der Waals surface area contributed by atoms with Gasteiger partial charge in [0.15, 0.2) is 0 Å². The zero-order chi connectivity index (χ0) is 21.9. The molecule has 8 heteroatoms. The average molecular weight is 428 g/mol. The number of para-hydroxylation sites is 1. The van der Waals surface area contributed by atoms with Crippen LogP contribution in [0.1, 0.15) is 36.2 Å². The molecule has 0 unspecified atom stereocenters. The van der Waals surface area contributed by atoms with Crippen molar-refractivity contribution in [2.75, 3.05) is 11.3 Å². The number of carbonyl (C=O) groups is 1. The molecule has 30 heavy (non-hydrogen) atoms. The van der Waals surface area contributed by atoms with E-state index in [-0.39, 0.29) is 15.8 Å². The SMILES string of the molecule is Cc1ccccc1NS(=O)(=O)c1ccc2[nH]cc(C(=O)NCCC(C)C)c(=O)c2c1. The number of aryl methyl sites for hydroxylation is 1. The zero-order valence-corrected chi connectivity index (χ0v) is 18.0. The van der Waals surface area contributed by atoms with E-state index in [1.54, 1.807) is 25.1 Å². The lowest BCUT2D eigenvalue weighted by Crippen LogP contribution is -2.30. The van der Waals surface area contributed by atoms with Crippen LogP contribution in [-0.4, -0.2) is 25.9 Å². The molecule has 1 amide bonds. The highest BCUT2D eigenvalue weighted by Crippen LogP contribution is 2.21. The number of rotatable bonds is 7. The van der Waals surface area contributed by atoms with Crippen LogP contribution in [0.2, 0.25) is 0 Å². The van der Waals surface area contributed by atoms with Crippen LogP contribution in [0, 0.1) is 12.8 Å². The Kier molecular flexibility index (Phi) is 6.26. The molecule has 3 aromatic rings. The summed E-state index contributed by atoms with van der Waals surface area (Å²) in [5.74, 6) is -0.0567. The first-order chi connectivity index (χ1) is 14.2. The molecule has 3 rings (SSSR count). The number of pyridine rings is 1. The van der Waals surface area contributed by atoms with Crippen molar-refractivity contribution in [2.24, 2.45) is 5.92 Å². The van der Waals surface area contributed by atoms with E-state index in [2.05, 4.69) is 15.0 Å². The van der Waals surface area contributed by atoms with E-state index in [1.807, 2.05) is 19.9 Å². The lowest BCUT2D eigenvalue weighted by Gasteiger charge is -2.11. The molecule has 3 N–H and O–H groups in total. The first kappa shape index (κ1) is 21.6. The van der Waals surface area contributed by atoms with Gasteiger partial charge in [0.05, 0.1) is 10.6 Å². The van der Waals surface area contributed by atoms with E-state index >= 15 is 0 Å². The maximum atomic E-state index is 12.9. The van der Waals surface area contributed by atoms with Gasteiger partial charge in [0.2, 0.25) is 5.43 Å². The first-order valence-electron chi connectivity index (χ1n) is 9.71. The van der Waals surface area contributed by atoms with Crippen LogP contribution in [0.15, 0.2) is 58.4 Å². The predicted molar refractivity (Wildman–Crippen MR) is 118 cm³/mol. The molecule has 0 bridgehead atoms. The third-order valence-corrected chi connectivity index (χ3v) is 6.17. The molecular weight excluding hydrogens is 402 g/mol. The van der Waals surface area contributed by atoms with Crippen LogP contribution in [0.25, 0.3) is 10.9 Å². The van der Waals surface area contributed by atoms with E-state index in [0.29, 0.717) is 23.7 Å². The second-order valence-corrected chi connectivity index (χ2v) is 9.28. The van der Waals surface area contributed by atoms with Crippen LogP contribution < -0.4 is 15.5 Å². The van der Waals surface area contributed by atoms with Crippen molar-refractivity contribution in [3.05, 3.63) is 70.0 Å². The van der Waals surface area contributed by atoms with E-state index < -0.39 is 21.4 Å². The van der Waals surface area contributed by atoms with Crippen molar-refractivity contribution in [3.63, 3.8) is 0 Å². The number of H-pyrrole nitrogens is 1. The topological polar surface area (TPSA) is 108 Å². The first-order valence-corrected chi connectivity index (χ1v) is 11.2. The summed E-state index contributed by atoms with van der Waals surface area (Å²) in [6.45, 7) is 6.35. The predicted octanol–water partition coefficient (Wildman–Crippen LogP) is 3.41. The van der Waals surface area contributed by atoms with Crippen LogP contribution in [-0.2, 0) is 10.0 Å². The lowest BCUT2D eigenvalue weighted by molar-refractivity contribution is 0.0951. The third-order valence-electron chi connectivity index (χ3n) is 4.80. The lowest BCUT2D eigenvalue weighted by atomic mass is 10.1. The van der Waals surface area contributed by atoms with Gasteiger partial charge in [-0.25, -0.2) is 8.42 Å². The molecule has 0 aliphatic carbocycles. The Hall–Kier alpha value is -3.13. The number of benzene rings is 2. The third kappa shape index (κ3) is 4.71. The Morgan fingerprint density at radius 3 is 2.57 bits per heavy atom. The molecule has 1 heterocycles. The Bertz CT molecular complexity index is 1250. The minimum Gasteiger partial charge on any atom is -0.360 e.